The Labute approximate surface area is 429 Å². The number of benzene rings is 9. The van der Waals surface area contributed by atoms with E-state index in [9.17, 15) is 0 Å². The number of nitrogens with zero attached hydrogens (tertiary/aromatic N) is 3. The molecule has 2 aliphatic carbocycles. The minimum absolute atomic E-state index is 0.0297. The van der Waals surface area contributed by atoms with E-state index < -0.39 is 10.0 Å². The molecule has 73 heavy (non-hydrogen) atoms. The summed E-state index contributed by atoms with van der Waals surface area (Å²) < 4.78 is 5.06. The van der Waals surface area contributed by atoms with Gasteiger partial charge in [-0.05, 0) is 112 Å². The van der Waals surface area contributed by atoms with Crippen molar-refractivity contribution in [1.29, 1.82) is 0 Å². The van der Waals surface area contributed by atoms with Gasteiger partial charge in [-0.25, -0.2) is 0 Å². The quantitative estimate of drug-likeness (QED) is 0.127. The van der Waals surface area contributed by atoms with E-state index in [4.69, 9.17) is 0 Å². The summed E-state index contributed by atoms with van der Waals surface area (Å²) in [6.45, 7) is 10.1. The Hall–Kier alpha value is -7.99. The molecule has 9 aromatic carbocycles. The average molecular weight is 956 g/mol. The van der Waals surface area contributed by atoms with Gasteiger partial charge in [-0.3, -0.25) is 0 Å². The number of rotatable bonds is 3. The standard InChI is InChI=1S/C68H54BN3S/c1-43-39-64-44(2)66-45(3)67-57-31-14-17-32-59(57)69(47-21-8-5-9-22-47)72(68(67)46(4)65(43)66)50-24-20-23-48(40-50)70-61-34-19-16-30-55(61)58-41-49(35-38-62(58)70)71-60-33-18-15-29-54(60)56-37-36-53(42-63(56)71)73(64,51-25-10-6-11-26-51)52-27-12-7-13-28-52/h5-46H,1-4H3. The molecule has 4 atom stereocenters. The first kappa shape index (κ1) is 42.7. The molecule has 9 heterocycles. The second kappa shape index (κ2) is 16.0. The number of fused-ring (bicyclic) bond motifs is 4. The molecule has 4 unspecified atom stereocenters. The molecule has 2 aromatic heterocycles. The Morgan fingerprint density at radius 2 is 0.973 bits per heavy atom. The Morgan fingerprint density at radius 3 is 1.70 bits per heavy atom. The van der Waals surface area contributed by atoms with Gasteiger partial charge in [-0.2, -0.15) is 0 Å². The van der Waals surface area contributed by atoms with Crippen molar-refractivity contribution in [3.05, 3.63) is 258 Å². The van der Waals surface area contributed by atoms with Crippen molar-refractivity contribution in [2.24, 2.45) is 23.7 Å². The smallest absolute Gasteiger partial charge is 0.328 e. The van der Waals surface area contributed by atoms with Gasteiger partial charge in [0.1, 0.15) is 0 Å². The summed E-state index contributed by atoms with van der Waals surface area (Å²) in [6.07, 6.45) is 2.74. The van der Waals surface area contributed by atoms with Gasteiger partial charge in [0.05, 0.1) is 22.1 Å². The number of aromatic nitrogens is 2. The summed E-state index contributed by atoms with van der Waals surface area (Å²) >= 11 is 0. The predicted octanol–water partition coefficient (Wildman–Crippen LogP) is 16.3. The zero-order valence-electron chi connectivity index (χ0n) is 41.6. The molecule has 0 N–H and O–H groups in total. The molecule has 0 radical (unpaired) electrons. The van der Waals surface area contributed by atoms with Crippen molar-refractivity contribution >= 4 is 82.7 Å². The van der Waals surface area contributed by atoms with Crippen LogP contribution in [0.25, 0.3) is 60.6 Å². The van der Waals surface area contributed by atoms with E-state index >= 15 is 0 Å². The molecule has 9 aliphatic rings. The van der Waals surface area contributed by atoms with E-state index in [0.29, 0.717) is 0 Å². The van der Waals surface area contributed by atoms with E-state index in [0.717, 1.165) is 11.4 Å². The molecule has 14 bridgehead atoms. The van der Waals surface area contributed by atoms with Gasteiger partial charge in [-0.15, -0.1) is 10.0 Å². The van der Waals surface area contributed by atoms with Crippen molar-refractivity contribution < 1.29 is 0 Å². The van der Waals surface area contributed by atoms with Crippen LogP contribution in [0.1, 0.15) is 33.3 Å². The maximum Gasteiger partial charge on any atom is 0.328 e. The summed E-state index contributed by atoms with van der Waals surface area (Å²) in [6, 6.07) is 86.0. The van der Waals surface area contributed by atoms with Gasteiger partial charge >= 0.3 is 6.85 Å². The van der Waals surface area contributed by atoms with Gasteiger partial charge in [0.15, 0.2) is 0 Å². The molecule has 3 nitrogen and oxygen atoms in total. The van der Waals surface area contributed by atoms with Gasteiger partial charge in [0.2, 0.25) is 0 Å². The monoisotopic (exact) mass is 955 g/mol. The second-order valence-corrected chi connectivity index (χ2v) is 24.0. The van der Waals surface area contributed by atoms with E-state index in [1.165, 1.54) is 96.6 Å². The summed E-state index contributed by atoms with van der Waals surface area (Å²) in [4.78, 5) is 8.38. The molecule has 0 fully saturated rings. The van der Waals surface area contributed by atoms with Crippen LogP contribution in [0, 0.1) is 23.7 Å². The lowest BCUT2D eigenvalue weighted by atomic mass is 9.44. The van der Waals surface area contributed by atoms with E-state index in [2.05, 4.69) is 272 Å². The lowest BCUT2D eigenvalue weighted by molar-refractivity contribution is 0.556. The Morgan fingerprint density at radius 1 is 0.397 bits per heavy atom. The molecular formula is C68H54BN3S. The van der Waals surface area contributed by atoms with Gasteiger partial charge in [0.25, 0.3) is 0 Å². The first-order valence-electron chi connectivity index (χ1n) is 26.2. The number of hydrogen-bond acceptors (Lipinski definition) is 1. The number of para-hydroxylation sites is 2. The third-order valence-electron chi connectivity index (χ3n) is 17.2. The van der Waals surface area contributed by atoms with Crippen molar-refractivity contribution in [3.63, 3.8) is 0 Å². The van der Waals surface area contributed by atoms with Crippen LogP contribution < -0.4 is 15.7 Å². The fourth-order valence-corrected chi connectivity index (χ4v) is 18.8. The summed E-state index contributed by atoms with van der Waals surface area (Å²) in [5.74, 6) is 0.621. The summed E-state index contributed by atoms with van der Waals surface area (Å²) in [7, 11) is -2.09. The normalized spacial score (nSPS) is 20.2. The molecule has 0 saturated heterocycles. The van der Waals surface area contributed by atoms with Crippen molar-refractivity contribution in [1.82, 2.24) is 9.13 Å². The van der Waals surface area contributed by atoms with Crippen LogP contribution in [0.15, 0.2) is 267 Å². The predicted molar refractivity (Wildman–Crippen MR) is 309 cm³/mol. The molecule has 0 amide bonds. The number of anilines is 1. The largest absolute Gasteiger partial charge is 0.380 e. The van der Waals surface area contributed by atoms with Gasteiger partial charge in [-0.1, -0.05) is 190 Å². The molecule has 11 aromatic rings. The molecular weight excluding hydrogens is 902 g/mol. The van der Waals surface area contributed by atoms with Gasteiger partial charge < -0.3 is 13.9 Å². The average Bonchev–Trinajstić information content (AvgIpc) is 3.95. The highest BCUT2D eigenvalue weighted by molar-refractivity contribution is 8.37. The van der Waals surface area contributed by atoms with E-state index in [-0.39, 0.29) is 30.5 Å². The SMILES string of the molecule is CC1C=C2C(C)C3=C1C(C)C1=C(c4ccccc4B(c4ccccc4)N1c1cccc(c1)-n1c4ccccc4c4cc(ccc41)-n1c4ccccc4c4ccc(cc41)S2(c1ccccc1)c1ccccc1)C3C. The topological polar surface area (TPSA) is 13.1 Å². The minimum Gasteiger partial charge on any atom is -0.380 e. The van der Waals surface area contributed by atoms with Crippen molar-refractivity contribution in [3.8, 4) is 11.4 Å². The Bertz CT molecular complexity index is 4140. The summed E-state index contributed by atoms with van der Waals surface area (Å²) in [5, 5.41) is 5.01. The summed E-state index contributed by atoms with van der Waals surface area (Å²) in [5.41, 5.74) is 18.4. The minimum atomic E-state index is -2.09. The highest BCUT2D eigenvalue weighted by Gasteiger charge is 2.50. The maximum atomic E-state index is 2.76. The van der Waals surface area contributed by atoms with Crippen molar-refractivity contribution in [2.75, 3.05) is 4.81 Å². The lowest BCUT2D eigenvalue weighted by Gasteiger charge is -2.53. The fraction of sp³-hybridized carbons (Fsp3) is 0.118. The highest BCUT2D eigenvalue weighted by atomic mass is 32.3. The van der Waals surface area contributed by atoms with Crippen LogP contribution in [0.4, 0.5) is 5.69 Å². The molecule has 0 saturated carbocycles. The van der Waals surface area contributed by atoms with Crippen LogP contribution >= 0.6 is 10.0 Å². The molecule has 7 aliphatic heterocycles. The highest BCUT2D eigenvalue weighted by Crippen LogP contribution is 2.77. The lowest BCUT2D eigenvalue weighted by Crippen LogP contribution is -2.61. The third kappa shape index (κ3) is 5.86. The maximum absolute atomic E-state index is 2.76. The van der Waals surface area contributed by atoms with Crippen LogP contribution in [0.2, 0.25) is 0 Å². The van der Waals surface area contributed by atoms with Crippen LogP contribution in [0.5, 0.6) is 0 Å². The zero-order valence-corrected chi connectivity index (χ0v) is 42.4. The fourth-order valence-electron chi connectivity index (χ4n) is 14.4. The number of allylic oxidation sites excluding steroid dienone is 5. The van der Waals surface area contributed by atoms with Crippen molar-refractivity contribution in [2.45, 2.75) is 42.4 Å². The van der Waals surface area contributed by atoms with E-state index in [1.54, 1.807) is 11.1 Å². The van der Waals surface area contributed by atoms with E-state index in [1.807, 2.05) is 0 Å². The molecule has 5 heteroatoms. The first-order chi connectivity index (χ1) is 35.9. The molecule has 0 spiro atoms. The zero-order chi connectivity index (χ0) is 48.7. The third-order valence-corrected chi connectivity index (χ3v) is 21.3. The second-order valence-electron chi connectivity index (χ2n) is 20.8. The van der Waals surface area contributed by atoms with Crippen LogP contribution in [-0.4, -0.2) is 16.0 Å². The molecule has 350 valence electrons. The van der Waals surface area contributed by atoms with Crippen LogP contribution in [0.3, 0.4) is 0 Å². The Kier molecular flexibility index (Phi) is 9.36. The first-order valence-corrected chi connectivity index (χ1v) is 27.8. The Balaban J connectivity index is 1.11. The van der Waals surface area contributed by atoms with Crippen LogP contribution in [-0.2, 0) is 0 Å². The molecule has 20 rings (SSSR count). The number of hydrogen-bond donors (Lipinski definition) is 0. The van der Waals surface area contributed by atoms with Gasteiger partial charge in [0, 0.05) is 76.7 Å².